The lowest BCUT2D eigenvalue weighted by molar-refractivity contribution is -0.896. The number of hydrogen-bond acceptors (Lipinski definition) is 3. The maximum Gasteiger partial charge on any atom is 0.174 e. The quantitative estimate of drug-likeness (QED) is 0.272. The van der Waals surface area contributed by atoms with Crippen LogP contribution in [0, 0.1) is 7.14 Å². The van der Waals surface area contributed by atoms with Crippen LogP contribution in [-0.2, 0) is 0 Å². The van der Waals surface area contributed by atoms with E-state index in [0.717, 1.165) is 68.7 Å². The Hall–Kier alpha value is -0.870. The maximum atomic E-state index is 13.6. The van der Waals surface area contributed by atoms with Crippen LogP contribution in [0.5, 0.6) is 11.5 Å². The topological polar surface area (TPSA) is 40.0 Å². The first-order valence-corrected chi connectivity index (χ1v) is 13.4. The smallest absolute Gasteiger partial charge is 0.174 e. The summed E-state index contributed by atoms with van der Waals surface area (Å²) in [6.45, 7) is 10.4. The summed E-state index contributed by atoms with van der Waals surface area (Å²) in [6.07, 6.45) is 2.95. The van der Waals surface area contributed by atoms with Crippen molar-refractivity contribution < 1.29 is 19.2 Å². The number of hydrogen-bond donors (Lipinski definition) is 1. The summed E-state index contributed by atoms with van der Waals surface area (Å²) in [5.41, 5.74) is 1.75. The Morgan fingerprint density at radius 2 is 1.77 bits per heavy atom. The summed E-state index contributed by atoms with van der Waals surface area (Å²) in [7, 11) is 0. The third kappa shape index (κ3) is 5.93. The average molecular weight is 648 g/mol. The van der Waals surface area contributed by atoms with Crippen molar-refractivity contribution in [2.45, 2.75) is 52.1 Å². The molecule has 0 spiro atoms. The first kappa shape index (κ1) is 24.8. The van der Waals surface area contributed by atoms with Gasteiger partial charge in [0.2, 0.25) is 0 Å². The van der Waals surface area contributed by atoms with Crippen molar-refractivity contribution in [2.24, 2.45) is 0 Å². The minimum atomic E-state index is -0.243. The highest BCUT2D eigenvalue weighted by atomic mass is 127. The number of para-hydroxylation sites is 1. The maximum absolute atomic E-state index is 13.6. The van der Waals surface area contributed by atoms with Crippen molar-refractivity contribution in [3.05, 3.63) is 54.7 Å². The molecule has 0 bridgehead atoms. The number of quaternary nitrogens is 1. The monoisotopic (exact) mass is 648 g/mol. The summed E-state index contributed by atoms with van der Waals surface area (Å²) < 4.78 is 14.3. The normalized spacial score (nSPS) is 17.5. The van der Waals surface area contributed by atoms with Crippen LogP contribution in [0.15, 0.2) is 36.4 Å². The number of fused-ring (bicyclic) bond motifs is 1. The van der Waals surface area contributed by atoms with Crippen molar-refractivity contribution in [3.8, 4) is 11.5 Å². The Balaban J connectivity index is 1.80. The second-order valence-corrected chi connectivity index (χ2v) is 10.3. The van der Waals surface area contributed by atoms with Gasteiger partial charge in [-0.25, -0.2) is 0 Å². The molecular weight excluding hydrogens is 616 g/mol. The number of halogens is 2. The van der Waals surface area contributed by atoms with Crippen molar-refractivity contribution >= 4 is 51.0 Å². The van der Waals surface area contributed by atoms with Gasteiger partial charge in [0.05, 0.1) is 26.1 Å². The summed E-state index contributed by atoms with van der Waals surface area (Å²) in [6, 6.07) is 11.9. The highest BCUT2D eigenvalue weighted by molar-refractivity contribution is 14.1. The van der Waals surface area contributed by atoms with Crippen molar-refractivity contribution in [2.75, 3.05) is 26.2 Å². The number of carbonyl (C=O) groups is 1. The molecular formula is C25H32I2NO3+. The predicted molar refractivity (Wildman–Crippen MR) is 142 cm³/mol. The number of unbranched alkanes of at least 4 members (excludes halogenated alkanes) is 1. The molecule has 0 saturated carbocycles. The molecule has 4 nitrogen and oxygen atoms in total. The highest BCUT2D eigenvalue weighted by Crippen LogP contribution is 2.42. The molecule has 0 amide bonds. The number of nitrogens with one attached hydrogen (secondary N) is 1. The summed E-state index contributed by atoms with van der Waals surface area (Å²) >= 11 is 4.58. The standard InChI is InChI=1S/C25H31I2NO3/c1-4-7-11-22-23(18-10-8-9-12-21(18)31-22)24(29)17-15-19(26)25(20(27)16-17)30-14-13-28(5-2)6-3/h8-10,12,15-16,22-23H,4-7,11,13-14H2,1-3H3/p+1. The zero-order valence-electron chi connectivity index (χ0n) is 18.5. The second-order valence-electron chi connectivity index (χ2n) is 8.00. The Bertz CT molecular complexity index is 875. The van der Waals surface area contributed by atoms with Gasteiger partial charge in [-0.15, -0.1) is 0 Å². The molecule has 1 aliphatic heterocycles. The SMILES string of the molecule is CCCCC1Oc2ccccc2C1C(=O)c1cc(I)c(OCC[NH+](CC)CC)c(I)c1. The van der Waals surface area contributed by atoms with Crippen molar-refractivity contribution in [3.63, 3.8) is 0 Å². The first-order valence-electron chi connectivity index (χ1n) is 11.2. The van der Waals surface area contributed by atoms with Gasteiger partial charge >= 0.3 is 0 Å². The molecule has 2 aromatic carbocycles. The summed E-state index contributed by atoms with van der Waals surface area (Å²) in [5.74, 6) is 1.63. The van der Waals surface area contributed by atoms with E-state index in [1.54, 1.807) is 0 Å². The van der Waals surface area contributed by atoms with Crippen LogP contribution in [-0.4, -0.2) is 38.1 Å². The Morgan fingerprint density at radius 1 is 1.10 bits per heavy atom. The molecule has 0 aliphatic carbocycles. The largest absolute Gasteiger partial charge is 0.489 e. The number of carbonyl (C=O) groups excluding carboxylic acids is 1. The number of Topliss-reactive ketones (excluding diaryl/α,β-unsaturated/α-hetero) is 1. The van der Waals surface area contributed by atoms with Crippen LogP contribution < -0.4 is 14.4 Å². The molecule has 2 atom stereocenters. The van der Waals surface area contributed by atoms with Crippen molar-refractivity contribution in [1.29, 1.82) is 0 Å². The fraction of sp³-hybridized carbons (Fsp3) is 0.480. The number of ether oxygens (including phenoxy) is 2. The Morgan fingerprint density at radius 3 is 2.42 bits per heavy atom. The molecule has 2 aromatic rings. The minimum Gasteiger partial charge on any atom is -0.489 e. The minimum absolute atomic E-state index is 0.0897. The third-order valence-corrected chi connectivity index (χ3v) is 7.62. The highest BCUT2D eigenvalue weighted by Gasteiger charge is 2.39. The number of benzene rings is 2. The molecule has 0 radical (unpaired) electrons. The zero-order valence-corrected chi connectivity index (χ0v) is 22.9. The van der Waals surface area contributed by atoms with Crippen LogP contribution in [0.1, 0.15) is 61.9 Å². The Labute approximate surface area is 213 Å². The predicted octanol–water partition coefficient (Wildman–Crippen LogP) is 5.12. The molecule has 1 aliphatic rings. The number of ketones is 1. The third-order valence-electron chi connectivity index (χ3n) is 6.01. The van der Waals surface area contributed by atoms with Crippen LogP contribution in [0.25, 0.3) is 0 Å². The summed E-state index contributed by atoms with van der Waals surface area (Å²) in [4.78, 5) is 15.2. The van der Waals surface area contributed by atoms with Crippen LogP contribution >= 0.6 is 45.2 Å². The van der Waals surface area contributed by atoms with E-state index in [1.807, 2.05) is 36.4 Å². The molecule has 31 heavy (non-hydrogen) atoms. The van der Waals surface area contributed by atoms with Gasteiger partial charge in [0, 0.05) is 11.1 Å². The fourth-order valence-corrected chi connectivity index (χ4v) is 6.22. The van der Waals surface area contributed by atoms with Gasteiger partial charge in [-0.2, -0.15) is 0 Å². The molecule has 0 saturated heterocycles. The molecule has 6 heteroatoms. The summed E-state index contributed by atoms with van der Waals surface area (Å²) in [5, 5.41) is 0. The van der Waals surface area contributed by atoms with Crippen LogP contribution in [0.3, 0.4) is 0 Å². The molecule has 0 fully saturated rings. The van der Waals surface area contributed by atoms with E-state index in [1.165, 1.54) is 4.90 Å². The lowest BCUT2D eigenvalue weighted by Crippen LogP contribution is -3.12. The van der Waals surface area contributed by atoms with E-state index < -0.39 is 0 Å². The van der Waals surface area contributed by atoms with Gasteiger partial charge in [-0.1, -0.05) is 38.0 Å². The van der Waals surface area contributed by atoms with Gasteiger partial charge in [-0.05, 0) is 83.6 Å². The van der Waals surface area contributed by atoms with E-state index in [2.05, 4.69) is 66.0 Å². The van der Waals surface area contributed by atoms with Gasteiger partial charge < -0.3 is 14.4 Å². The van der Waals surface area contributed by atoms with Gasteiger partial charge in [-0.3, -0.25) is 4.79 Å². The van der Waals surface area contributed by atoms with E-state index in [4.69, 9.17) is 9.47 Å². The molecule has 2 unspecified atom stereocenters. The van der Waals surface area contributed by atoms with Gasteiger partial charge in [0.1, 0.15) is 30.8 Å². The lowest BCUT2D eigenvalue weighted by Gasteiger charge is -2.20. The van der Waals surface area contributed by atoms with E-state index >= 15 is 0 Å². The average Bonchev–Trinajstić information content (AvgIpc) is 3.14. The number of likely N-dealkylation sites (N-methyl/N-ethyl adjacent to an activating group) is 1. The van der Waals surface area contributed by atoms with Crippen molar-refractivity contribution in [1.82, 2.24) is 0 Å². The molecule has 168 valence electrons. The van der Waals surface area contributed by atoms with Gasteiger partial charge in [0.25, 0.3) is 0 Å². The van der Waals surface area contributed by atoms with Crippen LogP contribution in [0.2, 0.25) is 0 Å². The molecule has 1 N–H and O–H groups in total. The number of rotatable bonds is 11. The van der Waals surface area contributed by atoms with E-state index in [9.17, 15) is 4.79 Å². The zero-order chi connectivity index (χ0) is 22.4. The second kappa shape index (κ2) is 11.8. The fourth-order valence-electron chi connectivity index (χ4n) is 4.14. The van der Waals surface area contributed by atoms with E-state index in [-0.39, 0.29) is 17.8 Å². The lowest BCUT2D eigenvalue weighted by atomic mass is 9.86. The van der Waals surface area contributed by atoms with E-state index in [0.29, 0.717) is 6.61 Å². The van der Waals surface area contributed by atoms with Crippen LogP contribution in [0.4, 0.5) is 0 Å². The van der Waals surface area contributed by atoms with Gasteiger partial charge in [0.15, 0.2) is 5.78 Å². The Kier molecular flexibility index (Phi) is 9.46. The molecule has 1 heterocycles. The molecule has 0 aromatic heterocycles. The molecule has 3 rings (SSSR count). The first-order chi connectivity index (χ1) is 15.0.